The first-order chi connectivity index (χ1) is 8.81. The molecule has 2 fully saturated rings. The lowest BCUT2D eigenvalue weighted by molar-refractivity contribution is -0.147. The minimum absolute atomic E-state index is 0.202. The molecule has 1 N–H and O–H groups in total. The van der Waals surface area contributed by atoms with Crippen LogP contribution in [0, 0.1) is 0 Å². The number of rotatable bonds is 4. The summed E-state index contributed by atoms with van der Waals surface area (Å²) >= 11 is 0. The van der Waals surface area contributed by atoms with Gasteiger partial charge in [0.05, 0.1) is 6.10 Å². The van der Waals surface area contributed by atoms with Crippen molar-refractivity contribution >= 4 is 5.91 Å². The van der Waals surface area contributed by atoms with E-state index in [1.807, 2.05) is 11.8 Å². The number of nitrogens with zero attached hydrogens (tertiary/aromatic N) is 1. The average Bonchev–Trinajstić information content (AvgIpc) is 2.75. The van der Waals surface area contributed by atoms with E-state index in [4.69, 9.17) is 4.74 Å². The Hall–Kier alpha value is -0.610. The summed E-state index contributed by atoms with van der Waals surface area (Å²) in [6, 6.07) is 0. The molecule has 4 heteroatoms. The maximum Gasteiger partial charge on any atom is 0.251 e. The summed E-state index contributed by atoms with van der Waals surface area (Å²) in [6.07, 6.45) is 6.71. The zero-order chi connectivity index (χ0) is 12.8. The van der Waals surface area contributed by atoms with E-state index in [1.165, 1.54) is 12.8 Å². The molecule has 0 aromatic carbocycles. The Bertz CT molecular complexity index is 257. The highest BCUT2D eigenvalue weighted by Crippen LogP contribution is 2.23. The molecule has 1 atom stereocenters. The van der Waals surface area contributed by atoms with Crippen molar-refractivity contribution in [3.63, 3.8) is 0 Å². The predicted molar refractivity (Wildman–Crippen MR) is 71.5 cm³/mol. The molecule has 2 rings (SSSR count). The highest BCUT2D eigenvalue weighted by Gasteiger charge is 2.28. The van der Waals surface area contributed by atoms with Crippen molar-refractivity contribution < 1.29 is 9.53 Å². The molecule has 1 amide bonds. The Labute approximate surface area is 110 Å². The monoisotopic (exact) mass is 254 g/mol. The van der Waals surface area contributed by atoms with Crippen LogP contribution in [0.1, 0.15) is 45.4 Å². The summed E-state index contributed by atoms with van der Waals surface area (Å²) in [5.41, 5.74) is 0. The molecule has 0 aromatic rings. The highest BCUT2D eigenvalue weighted by molar-refractivity contribution is 5.81. The number of nitrogens with one attached hydrogen (secondary N) is 1. The van der Waals surface area contributed by atoms with Crippen LogP contribution >= 0.6 is 0 Å². The zero-order valence-corrected chi connectivity index (χ0v) is 11.5. The lowest BCUT2D eigenvalue weighted by Crippen LogP contribution is -2.43. The summed E-state index contributed by atoms with van der Waals surface area (Å²) in [4.78, 5) is 14.4. The topological polar surface area (TPSA) is 41.6 Å². The molecule has 0 bridgehead atoms. The summed E-state index contributed by atoms with van der Waals surface area (Å²) in [5.74, 6) is 0.202. The quantitative estimate of drug-likeness (QED) is 0.827. The summed E-state index contributed by atoms with van der Waals surface area (Å²) in [7, 11) is 0. The number of carbonyl (C=O) groups is 1. The Morgan fingerprint density at radius 2 is 2.06 bits per heavy atom. The van der Waals surface area contributed by atoms with Crippen molar-refractivity contribution in [3.05, 3.63) is 0 Å². The fourth-order valence-electron chi connectivity index (χ4n) is 2.86. The second-order valence-corrected chi connectivity index (χ2v) is 5.37. The van der Waals surface area contributed by atoms with Gasteiger partial charge in [-0.25, -0.2) is 0 Å². The number of hydrogen-bond donors (Lipinski definition) is 1. The molecule has 1 saturated carbocycles. The Kier molecular flexibility index (Phi) is 5.45. The van der Waals surface area contributed by atoms with Crippen molar-refractivity contribution in [3.8, 4) is 0 Å². The molecule has 0 spiro atoms. The fourth-order valence-corrected chi connectivity index (χ4v) is 2.86. The Balaban J connectivity index is 1.86. The average molecular weight is 254 g/mol. The first-order valence-electron chi connectivity index (χ1n) is 7.46. The van der Waals surface area contributed by atoms with Gasteiger partial charge in [-0.2, -0.15) is 0 Å². The standard InChI is InChI=1S/C14H26N2O2/c1-2-13(18-12-6-3-4-7-12)14(17)16-10-5-8-15-9-11-16/h12-13,15H,2-11H2,1H3. The van der Waals surface area contributed by atoms with E-state index in [-0.39, 0.29) is 12.0 Å². The van der Waals surface area contributed by atoms with Gasteiger partial charge in [0.2, 0.25) is 0 Å². The first kappa shape index (κ1) is 13.8. The van der Waals surface area contributed by atoms with E-state index in [0.29, 0.717) is 6.10 Å². The third-order valence-electron chi connectivity index (χ3n) is 3.96. The van der Waals surface area contributed by atoms with Gasteiger partial charge in [-0.05, 0) is 32.2 Å². The SMILES string of the molecule is CCC(OC1CCCC1)C(=O)N1CCCNCC1. The maximum absolute atomic E-state index is 12.4. The molecule has 18 heavy (non-hydrogen) atoms. The Morgan fingerprint density at radius 1 is 1.28 bits per heavy atom. The van der Waals surface area contributed by atoms with Crippen LogP contribution in [0.2, 0.25) is 0 Å². The summed E-state index contributed by atoms with van der Waals surface area (Å²) in [6.45, 7) is 5.67. The molecule has 104 valence electrons. The minimum atomic E-state index is -0.216. The van der Waals surface area contributed by atoms with Crippen LogP contribution in [0.5, 0.6) is 0 Å². The summed E-state index contributed by atoms with van der Waals surface area (Å²) in [5, 5.41) is 3.33. The fraction of sp³-hybridized carbons (Fsp3) is 0.929. The second-order valence-electron chi connectivity index (χ2n) is 5.37. The van der Waals surface area contributed by atoms with Crippen LogP contribution in [0.25, 0.3) is 0 Å². The molecular formula is C14H26N2O2. The minimum Gasteiger partial charge on any atom is -0.365 e. The lowest BCUT2D eigenvalue weighted by Gasteiger charge is -2.27. The van der Waals surface area contributed by atoms with Crippen LogP contribution in [0.4, 0.5) is 0 Å². The van der Waals surface area contributed by atoms with E-state index < -0.39 is 0 Å². The molecule has 1 aliphatic carbocycles. The van der Waals surface area contributed by atoms with Crippen molar-refractivity contribution in [1.82, 2.24) is 10.2 Å². The van der Waals surface area contributed by atoms with Crippen LogP contribution in [0.15, 0.2) is 0 Å². The van der Waals surface area contributed by atoms with E-state index in [9.17, 15) is 4.79 Å². The molecular weight excluding hydrogens is 228 g/mol. The van der Waals surface area contributed by atoms with E-state index in [0.717, 1.165) is 51.9 Å². The molecule has 1 saturated heterocycles. The number of ether oxygens (including phenoxy) is 1. The van der Waals surface area contributed by atoms with Crippen LogP contribution in [-0.4, -0.2) is 49.2 Å². The van der Waals surface area contributed by atoms with Crippen LogP contribution in [-0.2, 0) is 9.53 Å². The van der Waals surface area contributed by atoms with Gasteiger partial charge < -0.3 is 15.0 Å². The van der Waals surface area contributed by atoms with Gasteiger partial charge in [-0.1, -0.05) is 19.8 Å². The van der Waals surface area contributed by atoms with Crippen molar-refractivity contribution in [2.75, 3.05) is 26.2 Å². The van der Waals surface area contributed by atoms with Gasteiger partial charge >= 0.3 is 0 Å². The van der Waals surface area contributed by atoms with Gasteiger partial charge in [0.1, 0.15) is 6.10 Å². The lowest BCUT2D eigenvalue weighted by atomic mass is 10.2. The number of hydrogen-bond acceptors (Lipinski definition) is 3. The van der Waals surface area contributed by atoms with Crippen molar-refractivity contribution in [2.45, 2.75) is 57.7 Å². The van der Waals surface area contributed by atoms with Crippen molar-refractivity contribution in [1.29, 1.82) is 0 Å². The second kappa shape index (κ2) is 7.10. The zero-order valence-electron chi connectivity index (χ0n) is 11.5. The van der Waals surface area contributed by atoms with E-state index in [2.05, 4.69) is 5.32 Å². The normalized spacial score (nSPS) is 23.9. The Morgan fingerprint density at radius 3 is 2.78 bits per heavy atom. The largest absolute Gasteiger partial charge is 0.365 e. The van der Waals surface area contributed by atoms with E-state index in [1.54, 1.807) is 0 Å². The van der Waals surface area contributed by atoms with Gasteiger partial charge in [0.25, 0.3) is 5.91 Å². The van der Waals surface area contributed by atoms with Gasteiger partial charge in [0, 0.05) is 19.6 Å². The third kappa shape index (κ3) is 3.69. The third-order valence-corrected chi connectivity index (χ3v) is 3.96. The number of amides is 1. The van der Waals surface area contributed by atoms with Crippen LogP contribution < -0.4 is 5.32 Å². The number of carbonyl (C=O) groups excluding carboxylic acids is 1. The van der Waals surface area contributed by atoms with E-state index >= 15 is 0 Å². The predicted octanol–water partition coefficient (Wildman–Crippen LogP) is 1.55. The van der Waals surface area contributed by atoms with Gasteiger partial charge in [-0.3, -0.25) is 4.79 Å². The highest BCUT2D eigenvalue weighted by atomic mass is 16.5. The molecule has 0 aromatic heterocycles. The first-order valence-corrected chi connectivity index (χ1v) is 7.46. The molecule has 1 aliphatic heterocycles. The van der Waals surface area contributed by atoms with Crippen molar-refractivity contribution in [2.24, 2.45) is 0 Å². The molecule has 1 heterocycles. The van der Waals surface area contributed by atoms with Gasteiger partial charge in [-0.15, -0.1) is 0 Å². The molecule has 0 radical (unpaired) electrons. The molecule has 1 unspecified atom stereocenters. The molecule has 2 aliphatic rings. The molecule has 4 nitrogen and oxygen atoms in total. The van der Waals surface area contributed by atoms with Crippen LogP contribution in [0.3, 0.4) is 0 Å². The smallest absolute Gasteiger partial charge is 0.251 e. The summed E-state index contributed by atoms with van der Waals surface area (Å²) < 4.78 is 6.00. The maximum atomic E-state index is 12.4. The van der Waals surface area contributed by atoms with Gasteiger partial charge in [0.15, 0.2) is 0 Å².